The summed E-state index contributed by atoms with van der Waals surface area (Å²) in [5.41, 5.74) is -0.753. The van der Waals surface area contributed by atoms with Crippen molar-refractivity contribution >= 4 is 12.1 Å². The van der Waals surface area contributed by atoms with Crippen molar-refractivity contribution in [2.45, 2.75) is 38.8 Å². The number of ether oxygens (including phenoxy) is 1. The molecule has 0 aromatic rings. The van der Waals surface area contributed by atoms with E-state index in [0.717, 1.165) is 0 Å². The Balaban J connectivity index is 4.57. The molecule has 0 aromatic carbocycles. The molecule has 0 aromatic heterocycles. The topological polar surface area (TPSA) is 123 Å². The highest BCUT2D eigenvalue weighted by Gasteiger charge is 2.26. The molecule has 0 heterocycles. The Morgan fingerprint density at radius 3 is 2.17 bits per heavy atom. The molecule has 7 nitrogen and oxygen atoms in total. The van der Waals surface area contributed by atoms with E-state index in [2.05, 4.69) is 5.32 Å². The second-order valence-corrected chi connectivity index (χ2v) is 4.58. The molecule has 18 heavy (non-hydrogen) atoms. The summed E-state index contributed by atoms with van der Waals surface area (Å²) in [4.78, 5) is 22.2. The Morgan fingerprint density at radius 2 is 1.83 bits per heavy atom. The summed E-state index contributed by atoms with van der Waals surface area (Å²) in [6, 6.07) is 1.95. The van der Waals surface area contributed by atoms with Crippen LogP contribution in [0.15, 0.2) is 0 Å². The van der Waals surface area contributed by atoms with E-state index in [-0.39, 0.29) is 6.42 Å². The van der Waals surface area contributed by atoms with Crippen LogP contribution in [0.4, 0.5) is 4.79 Å². The van der Waals surface area contributed by atoms with E-state index in [9.17, 15) is 9.59 Å². The molecule has 0 bridgehead atoms. The molecule has 0 saturated heterocycles. The molecule has 0 spiro atoms. The molecule has 0 rings (SSSR count). The molecule has 7 heteroatoms. The van der Waals surface area contributed by atoms with Gasteiger partial charge < -0.3 is 15.2 Å². The second-order valence-electron chi connectivity index (χ2n) is 4.58. The lowest BCUT2D eigenvalue weighted by Crippen LogP contribution is -2.44. The number of carboxylic acid groups (broad SMARTS) is 1. The number of alkyl carbamates (subject to hydrolysis) is 1. The molecular weight excluding hydrogens is 238 g/mol. The average Bonchev–Trinajstić information content (AvgIpc) is 2.21. The summed E-state index contributed by atoms with van der Waals surface area (Å²) >= 11 is 0. The molecule has 1 atom stereocenters. The summed E-state index contributed by atoms with van der Waals surface area (Å²) in [7, 11) is 0. The van der Waals surface area contributed by atoms with E-state index in [1.807, 2.05) is 0 Å². The first-order valence-corrected chi connectivity index (χ1v) is 5.21. The SMILES string of the molecule is CC(C)(C)OC(=O)NC(CC(C#N)C#N)C(=O)O. The zero-order valence-corrected chi connectivity index (χ0v) is 10.4. The minimum atomic E-state index is -1.33. The Hall–Kier alpha value is -2.28. The Bertz CT molecular complexity index is 386. The summed E-state index contributed by atoms with van der Waals surface area (Å²) in [5, 5.41) is 28.1. The van der Waals surface area contributed by atoms with Gasteiger partial charge in [0.15, 0.2) is 0 Å². The van der Waals surface area contributed by atoms with E-state index >= 15 is 0 Å². The quantitative estimate of drug-likeness (QED) is 0.770. The van der Waals surface area contributed by atoms with Gasteiger partial charge in [0.05, 0.1) is 12.1 Å². The van der Waals surface area contributed by atoms with Crippen LogP contribution in [0, 0.1) is 28.6 Å². The fourth-order valence-corrected chi connectivity index (χ4v) is 1.04. The van der Waals surface area contributed by atoms with Crippen molar-refractivity contribution in [3.8, 4) is 12.1 Å². The summed E-state index contributed by atoms with van der Waals surface area (Å²) in [6.45, 7) is 4.90. The fraction of sp³-hybridized carbons (Fsp3) is 0.636. The number of carboxylic acids is 1. The van der Waals surface area contributed by atoms with Crippen LogP contribution in [-0.2, 0) is 9.53 Å². The molecule has 0 radical (unpaired) electrons. The molecule has 0 aliphatic carbocycles. The van der Waals surface area contributed by atoms with Crippen LogP contribution in [0.25, 0.3) is 0 Å². The number of rotatable bonds is 4. The molecular formula is C11H15N3O4. The first-order chi connectivity index (χ1) is 8.19. The van der Waals surface area contributed by atoms with Gasteiger partial charge in [0, 0.05) is 6.42 Å². The number of nitrogens with zero attached hydrogens (tertiary/aromatic N) is 2. The van der Waals surface area contributed by atoms with Crippen LogP contribution in [0.5, 0.6) is 0 Å². The summed E-state index contributed by atoms with van der Waals surface area (Å²) in [6.07, 6.45) is -1.19. The van der Waals surface area contributed by atoms with Gasteiger partial charge in [-0.25, -0.2) is 9.59 Å². The van der Waals surface area contributed by atoms with Gasteiger partial charge in [0.25, 0.3) is 0 Å². The molecule has 0 aliphatic heterocycles. The van der Waals surface area contributed by atoms with Crippen LogP contribution in [0.2, 0.25) is 0 Å². The maximum atomic E-state index is 11.4. The Morgan fingerprint density at radius 1 is 1.33 bits per heavy atom. The van der Waals surface area contributed by atoms with Gasteiger partial charge in [0.2, 0.25) is 0 Å². The number of hydrogen-bond acceptors (Lipinski definition) is 5. The molecule has 0 fully saturated rings. The minimum absolute atomic E-state index is 0.290. The zero-order chi connectivity index (χ0) is 14.3. The number of amides is 1. The fourth-order valence-electron chi connectivity index (χ4n) is 1.04. The highest BCUT2D eigenvalue weighted by Crippen LogP contribution is 2.09. The van der Waals surface area contributed by atoms with Crippen LogP contribution in [-0.4, -0.2) is 28.8 Å². The van der Waals surface area contributed by atoms with E-state index < -0.39 is 29.6 Å². The minimum Gasteiger partial charge on any atom is -0.480 e. The predicted octanol–water partition coefficient (Wildman–Crippen LogP) is 1.02. The van der Waals surface area contributed by atoms with Crippen molar-refractivity contribution in [1.29, 1.82) is 10.5 Å². The maximum absolute atomic E-state index is 11.4. The summed E-state index contributed by atoms with van der Waals surface area (Å²) in [5.74, 6) is -2.42. The first kappa shape index (κ1) is 15.7. The summed E-state index contributed by atoms with van der Waals surface area (Å²) < 4.78 is 4.89. The van der Waals surface area contributed by atoms with Gasteiger partial charge in [-0.15, -0.1) is 0 Å². The standard InChI is InChI=1S/C11H15N3O4/c1-11(2,3)18-10(17)14-8(9(15)16)4-7(5-12)6-13/h7-8H,4H2,1-3H3,(H,14,17)(H,15,16). The lowest BCUT2D eigenvalue weighted by Gasteiger charge is -2.22. The number of hydrogen-bond donors (Lipinski definition) is 2. The van der Waals surface area contributed by atoms with Crippen LogP contribution in [0.1, 0.15) is 27.2 Å². The molecule has 0 aliphatic rings. The van der Waals surface area contributed by atoms with E-state index in [1.165, 1.54) is 0 Å². The largest absolute Gasteiger partial charge is 0.480 e. The van der Waals surface area contributed by atoms with Gasteiger partial charge in [0.1, 0.15) is 17.6 Å². The third kappa shape index (κ3) is 6.33. The smallest absolute Gasteiger partial charge is 0.408 e. The number of nitriles is 2. The second kappa shape index (κ2) is 6.45. The molecule has 98 valence electrons. The predicted molar refractivity (Wildman–Crippen MR) is 60.1 cm³/mol. The van der Waals surface area contributed by atoms with Gasteiger partial charge >= 0.3 is 12.1 Å². The highest BCUT2D eigenvalue weighted by atomic mass is 16.6. The van der Waals surface area contributed by atoms with Gasteiger partial charge in [-0.05, 0) is 20.8 Å². The van der Waals surface area contributed by atoms with Gasteiger partial charge in [-0.2, -0.15) is 10.5 Å². The molecule has 0 saturated carbocycles. The van der Waals surface area contributed by atoms with Gasteiger partial charge in [-0.1, -0.05) is 0 Å². The van der Waals surface area contributed by atoms with Crippen molar-refractivity contribution in [2.24, 2.45) is 5.92 Å². The molecule has 1 unspecified atom stereocenters. The Kier molecular flexibility index (Phi) is 5.64. The third-order valence-corrected chi connectivity index (χ3v) is 1.77. The van der Waals surface area contributed by atoms with Crippen LogP contribution in [0.3, 0.4) is 0 Å². The highest BCUT2D eigenvalue weighted by molar-refractivity contribution is 5.80. The third-order valence-electron chi connectivity index (χ3n) is 1.77. The Labute approximate surface area is 105 Å². The van der Waals surface area contributed by atoms with Crippen molar-refractivity contribution in [2.75, 3.05) is 0 Å². The number of aliphatic carboxylic acids is 1. The van der Waals surface area contributed by atoms with Crippen molar-refractivity contribution in [1.82, 2.24) is 5.32 Å². The lowest BCUT2D eigenvalue weighted by molar-refractivity contribution is -0.139. The molecule has 2 N–H and O–H groups in total. The normalized spacial score (nSPS) is 12.1. The number of carbonyl (C=O) groups is 2. The van der Waals surface area contributed by atoms with Crippen molar-refractivity contribution in [3.05, 3.63) is 0 Å². The molecule has 1 amide bonds. The van der Waals surface area contributed by atoms with Crippen LogP contribution < -0.4 is 5.32 Å². The monoisotopic (exact) mass is 253 g/mol. The zero-order valence-electron chi connectivity index (χ0n) is 10.4. The van der Waals surface area contributed by atoms with E-state index in [0.29, 0.717) is 0 Å². The van der Waals surface area contributed by atoms with E-state index in [1.54, 1.807) is 32.9 Å². The van der Waals surface area contributed by atoms with E-state index in [4.69, 9.17) is 20.4 Å². The average molecular weight is 253 g/mol. The number of nitrogens with one attached hydrogen (secondary N) is 1. The van der Waals surface area contributed by atoms with Crippen molar-refractivity contribution < 1.29 is 19.4 Å². The number of carbonyl (C=O) groups excluding carboxylic acids is 1. The van der Waals surface area contributed by atoms with Crippen molar-refractivity contribution in [3.63, 3.8) is 0 Å². The lowest BCUT2D eigenvalue weighted by atomic mass is 10.0. The van der Waals surface area contributed by atoms with Gasteiger partial charge in [-0.3, -0.25) is 0 Å². The maximum Gasteiger partial charge on any atom is 0.408 e. The first-order valence-electron chi connectivity index (χ1n) is 5.21. The van der Waals surface area contributed by atoms with Crippen LogP contribution >= 0.6 is 0 Å².